The Morgan fingerprint density at radius 2 is 2.21 bits per heavy atom. The highest BCUT2D eigenvalue weighted by Crippen LogP contribution is 2.09. The molecule has 0 amide bonds. The van der Waals surface area contributed by atoms with E-state index in [1.54, 1.807) is 0 Å². The van der Waals surface area contributed by atoms with Crippen molar-refractivity contribution in [1.82, 2.24) is 0 Å². The number of halogens is 1. The van der Waals surface area contributed by atoms with Gasteiger partial charge in [-0.15, -0.1) is 0 Å². The average molecular weight is 190 g/mol. The van der Waals surface area contributed by atoms with Crippen molar-refractivity contribution in [3.8, 4) is 11.8 Å². The lowest BCUT2D eigenvalue weighted by Crippen LogP contribution is -1.94. The quantitative estimate of drug-likeness (QED) is 0.382. The van der Waals surface area contributed by atoms with Gasteiger partial charge in [-0.2, -0.15) is 0 Å². The zero-order chi connectivity index (χ0) is 10.6. The molecule has 0 aliphatic rings. The second kappa shape index (κ2) is 4.33. The van der Waals surface area contributed by atoms with E-state index in [1.165, 1.54) is 19.1 Å². The van der Waals surface area contributed by atoms with Crippen LogP contribution in [-0.2, 0) is 4.79 Å². The zero-order valence-electron chi connectivity index (χ0n) is 7.50. The molecule has 0 atom stereocenters. The molecule has 0 saturated carbocycles. The Morgan fingerprint density at radius 1 is 1.50 bits per heavy atom. The summed E-state index contributed by atoms with van der Waals surface area (Å²) < 4.78 is 13.0. The van der Waals surface area contributed by atoms with Gasteiger partial charge in [0.1, 0.15) is 5.82 Å². The van der Waals surface area contributed by atoms with Crippen LogP contribution in [0.5, 0.6) is 0 Å². The monoisotopic (exact) mass is 190 g/mol. The topological polar surface area (TPSA) is 34.1 Å². The molecule has 3 heteroatoms. The van der Waals surface area contributed by atoms with E-state index in [9.17, 15) is 14.0 Å². The summed E-state index contributed by atoms with van der Waals surface area (Å²) in [5.74, 6) is 3.70. The van der Waals surface area contributed by atoms with Crippen LogP contribution in [0.1, 0.15) is 22.8 Å². The molecule has 0 bridgehead atoms. The molecule has 1 aromatic rings. The minimum atomic E-state index is -0.538. The van der Waals surface area contributed by atoms with E-state index in [-0.39, 0.29) is 11.3 Å². The molecule has 14 heavy (non-hydrogen) atoms. The lowest BCUT2D eigenvalue weighted by atomic mass is 10.1. The molecule has 70 valence electrons. The summed E-state index contributed by atoms with van der Waals surface area (Å²) in [6.07, 6.45) is 0.375. The van der Waals surface area contributed by atoms with Gasteiger partial charge in [0.2, 0.25) is 0 Å². The first-order chi connectivity index (χ1) is 6.65. The molecule has 0 radical (unpaired) electrons. The van der Waals surface area contributed by atoms with Crippen LogP contribution in [0.15, 0.2) is 18.2 Å². The van der Waals surface area contributed by atoms with Gasteiger partial charge in [-0.1, -0.05) is 5.92 Å². The van der Waals surface area contributed by atoms with Crippen LogP contribution in [0.4, 0.5) is 4.39 Å². The van der Waals surface area contributed by atoms with Crippen molar-refractivity contribution in [1.29, 1.82) is 0 Å². The molecule has 0 N–H and O–H groups in total. The summed E-state index contributed by atoms with van der Waals surface area (Å²) in [6, 6.07) is 3.86. The molecule has 0 aromatic heterocycles. The first kappa shape index (κ1) is 10.1. The van der Waals surface area contributed by atoms with Crippen molar-refractivity contribution < 1.29 is 14.0 Å². The van der Waals surface area contributed by atoms with Gasteiger partial charge < -0.3 is 0 Å². The first-order valence-electron chi connectivity index (χ1n) is 3.91. The standard InChI is InChI=1S/C11H7FO2/c1-8(14)9-4-5-11(12)10(7-9)3-2-6-13/h4-7H,1H3. The third-order valence-corrected chi connectivity index (χ3v) is 1.64. The molecule has 0 spiro atoms. The summed E-state index contributed by atoms with van der Waals surface area (Å²) in [6.45, 7) is 1.38. The highest BCUT2D eigenvalue weighted by molar-refractivity contribution is 5.94. The van der Waals surface area contributed by atoms with Crippen LogP contribution in [-0.4, -0.2) is 12.1 Å². The molecular formula is C11H7FO2. The Hall–Kier alpha value is -1.95. The maximum atomic E-state index is 13.0. The second-order valence-corrected chi connectivity index (χ2v) is 2.64. The molecule has 0 unspecified atom stereocenters. The second-order valence-electron chi connectivity index (χ2n) is 2.64. The molecule has 1 aromatic carbocycles. The third-order valence-electron chi connectivity index (χ3n) is 1.64. The van der Waals surface area contributed by atoms with Crippen molar-refractivity contribution in [2.45, 2.75) is 6.92 Å². The van der Waals surface area contributed by atoms with E-state index in [4.69, 9.17) is 0 Å². The van der Waals surface area contributed by atoms with Gasteiger partial charge in [0.05, 0.1) is 5.56 Å². The molecule has 0 saturated heterocycles. The molecule has 0 aliphatic carbocycles. The lowest BCUT2D eigenvalue weighted by molar-refractivity contribution is -0.103. The van der Waals surface area contributed by atoms with E-state index >= 15 is 0 Å². The largest absolute Gasteiger partial charge is 0.295 e. The highest BCUT2D eigenvalue weighted by atomic mass is 19.1. The minimum Gasteiger partial charge on any atom is -0.295 e. The number of carbonyl (C=O) groups excluding carboxylic acids is 2. The molecule has 2 nitrogen and oxygen atoms in total. The van der Waals surface area contributed by atoms with E-state index in [1.807, 2.05) is 0 Å². The third kappa shape index (κ3) is 2.27. The number of aldehydes is 1. The van der Waals surface area contributed by atoms with Gasteiger partial charge in [0.25, 0.3) is 0 Å². The smallest absolute Gasteiger partial charge is 0.193 e. The molecule has 1 rings (SSSR count). The number of Topliss-reactive ketones (excluding diaryl/α,β-unsaturated/α-hetero) is 1. The number of hydrogen-bond acceptors (Lipinski definition) is 2. The molecule has 0 heterocycles. The van der Waals surface area contributed by atoms with Crippen molar-refractivity contribution >= 4 is 12.1 Å². The van der Waals surface area contributed by atoms with Crippen LogP contribution >= 0.6 is 0 Å². The fraction of sp³-hybridized carbons (Fsp3) is 0.0909. The summed E-state index contributed by atoms with van der Waals surface area (Å²) in [5.41, 5.74) is 0.436. The Morgan fingerprint density at radius 3 is 2.79 bits per heavy atom. The van der Waals surface area contributed by atoms with Crippen molar-refractivity contribution in [2.75, 3.05) is 0 Å². The predicted octanol–water partition coefficient (Wildman–Crippen LogP) is 1.58. The lowest BCUT2D eigenvalue weighted by Gasteiger charge is -1.97. The van der Waals surface area contributed by atoms with Gasteiger partial charge in [-0.3, -0.25) is 9.59 Å². The number of carbonyl (C=O) groups is 2. The first-order valence-corrected chi connectivity index (χ1v) is 3.91. The van der Waals surface area contributed by atoms with Crippen LogP contribution in [0.25, 0.3) is 0 Å². The van der Waals surface area contributed by atoms with Gasteiger partial charge in [-0.05, 0) is 31.0 Å². The van der Waals surface area contributed by atoms with Crippen molar-refractivity contribution in [2.24, 2.45) is 0 Å². The van der Waals surface area contributed by atoms with Crippen LogP contribution < -0.4 is 0 Å². The van der Waals surface area contributed by atoms with Crippen LogP contribution in [0, 0.1) is 17.7 Å². The zero-order valence-corrected chi connectivity index (χ0v) is 7.50. The summed E-state index contributed by atoms with van der Waals surface area (Å²) in [5, 5.41) is 0. The van der Waals surface area contributed by atoms with E-state index in [0.29, 0.717) is 11.8 Å². The average Bonchev–Trinajstić information content (AvgIpc) is 2.16. The predicted molar refractivity (Wildman–Crippen MR) is 49.3 cm³/mol. The van der Waals surface area contributed by atoms with Crippen molar-refractivity contribution in [3.63, 3.8) is 0 Å². The minimum absolute atomic E-state index is 0.0600. The maximum Gasteiger partial charge on any atom is 0.193 e. The Kier molecular flexibility index (Phi) is 3.14. The SMILES string of the molecule is CC(=O)c1ccc(F)c(C#CC=O)c1. The number of rotatable bonds is 1. The van der Waals surface area contributed by atoms with E-state index in [0.717, 1.165) is 6.07 Å². The Bertz CT molecular complexity index is 438. The Balaban J connectivity index is 3.21. The van der Waals surface area contributed by atoms with Crippen LogP contribution in [0.3, 0.4) is 0 Å². The number of hydrogen-bond donors (Lipinski definition) is 0. The highest BCUT2D eigenvalue weighted by Gasteiger charge is 2.03. The number of benzene rings is 1. The molecule has 0 aliphatic heterocycles. The van der Waals surface area contributed by atoms with Gasteiger partial charge in [0, 0.05) is 5.56 Å². The van der Waals surface area contributed by atoms with E-state index < -0.39 is 5.82 Å². The maximum absolute atomic E-state index is 13.0. The van der Waals surface area contributed by atoms with Crippen LogP contribution in [0.2, 0.25) is 0 Å². The molecule has 0 fully saturated rings. The number of ketones is 1. The summed E-state index contributed by atoms with van der Waals surface area (Å²) in [7, 11) is 0. The Labute approximate surface area is 80.7 Å². The van der Waals surface area contributed by atoms with Gasteiger partial charge >= 0.3 is 0 Å². The fourth-order valence-electron chi connectivity index (χ4n) is 0.947. The van der Waals surface area contributed by atoms with Gasteiger partial charge in [-0.25, -0.2) is 4.39 Å². The molecular weight excluding hydrogens is 183 g/mol. The van der Waals surface area contributed by atoms with Crippen molar-refractivity contribution in [3.05, 3.63) is 35.1 Å². The summed E-state index contributed by atoms with van der Waals surface area (Å²) in [4.78, 5) is 20.9. The summed E-state index contributed by atoms with van der Waals surface area (Å²) >= 11 is 0. The normalized spacial score (nSPS) is 8.71. The fourth-order valence-corrected chi connectivity index (χ4v) is 0.947. The van der Waals surface area contributed by atoms with Gasteiger partial charge in [0.15, 0.2) is 12.1 Å². The van der Waals surface area contributed by atoms with E-state index in [2.05, 4.69) is 11.8 Å².